The summed E-state index contributed by atoms with van der Waals surface area (Å²) in [7, 11) is 0. The number of nitro groups is 1. The summed E-state index contributed by atoms with van der Waals surface area (Å²) in [6.07, 6.45) is 1.14. The van der Waals surface area contributed by atoms with Gasteiger partial charge in [-0.15, -0.1) is 0 Å². The third-order valence-corrected chi connectivity index (χ3v) is 5.69. The monoisotopic (exact) mass is 442 g/mol. The summed E-state index contributed by atoms with van der Waals surface area (Å²) in [6.45, 7) is 3.53. The van der Waals surface area contributed by atoms with Gasteiger partial charge in [0.15, 0.2) is 0 Å². The topological polar surface area (TPSA) is 95.8 Å². The van der Waals surface area contributed by atoms with Crippen LogP contribution in [0.2, 0.25) is 0 Å². The van der Waals surface area contributed by atoms with Gasteiger partial charge in [-0.2, -0.15) is 0 Å². The van der Waals surface area contributed by atoms with Crippen LogP contribution in [0.1, 0.15) is 25.3 Å². The van der Waals surface area contributed by atoms with Crippen molar-refractivity contribution in [2.75, 3.05) is 31.1 Å². The Morgan fingerprint density at radius 2 is 1.81 bits per heavy atom. The Balaban J connectivity index is 1.52. The summed E-state index contributed by atoms with van der Waals surface area (Å²) in [5.41, 5.74) is 1.40. The molecule has 1 N–H and O–H groups in total. The van der Waals surface area contributed by atoms with E-state index in [0.717, 1.165) is 5.56 Å². The Labute approximate surface area is 186 Å². The van der Waals surface area contributed by atoms with E-state index < -0.39 is 4.92 Å². The third-order valence-electron chi connectivity index (χ3n) is 5.69. The molecule has 9 heteroatoms. The van der Waals surface area contributed by atoms with Crippen LogP contribution in [0.15, 0.2) is 48.5 Å². The van der Waals surface area contributed by atoms with Gasteiger partial charge in [0.05, 0.1) is 11.5 Å². The fraction of sp³-hybridized carbons (Fsp3) is 0.391. The van der Waals surface area contributed by atoms with Gasteiger partial charge in [-0.3, -0.25) is 19.7 Å². The molecule has 0 saturated carbocycles. The lowest BCUT2D eigenvalue weighted by atomic mass is 9.94. The molecule has 2 aromatic rings. The van der Waals surface area contributed by atoms with Crippen molar-refractivity contribution >= 4 is 23.2 Å². The Hall–Kier alpha value is -3.49. The first-order chi connectivity index (χ1) is 15.4. The van der Waals surface area contributed by atoms with Crippen molar-refractivity contribution in [2.45, 2.75) is 26.3 Å². The number of nitrogens with one attached hydrogen (secondary N) is 1. The SMILES string of the molecule is CCN(CC(=O)NCc1ccc(F)cc1)C(=O)C1CCN(c2ccccc2[N+](=O)[O-])CC1. The molecule has 1 fully saturated rings. The number of para-hydroxylation sites is 2. The van der Waals surface area contributed by atoms with Gasteiger partial charge in [0, 0.05) is 38.2 Å². The summed E-state index contributed by atoms with van der Waals surface area (Å²) < 4.78 is 13.0. The number of hydrogen-bond donors (Lipinski definition) is 1. The van der Waals surface area contributed by atoms with Crippen LogP contribution in [0.25, 0.3) is 0 Å². The summed E-state index contributed by atoms with van der Waals surface area (Å²) in [6, 6.07) is 12.5. The number of rotatable bonds is 8. The highest BCUT2D eigenvalue weighted by Gasteiger charge is 2.30. The molecule has 2 aromatic carbocycles. The van der Waals surface area contributed by atoms with E-state index in [1.54, 1.807) is 30.3 Å². The number of nitrogens with zero attached hydrogens (tertiary/aromatic N) is 3. The zero-order chi connectivity index (χ0) is 23.1. The van der Waals surface area contributed by atoms with Gasteiger partial charge in [0.2, 0.25) is 11.8 Å². The second-order valence-electron chi connectivity index (χ2n) is 7.76. The Morgan fingerprint density at radius 1 is 1.16 bits per heavy atom. The van der Waals surface area contributed by atoms with Crippen molar-refractivity contribution in [3.63, 3.8) is 0 Å². The molecule has 0 radical (unpaired) electrons. The van der Waals surface area contributed by atoms with Gasteiger partial charge in [0.1, 0.15) is 11.5 Å². The van der Waals surface area contributed by atoms with Crippen LogP contribution in [0.3, 0.4) is 0 Å². The lowest BCUT2D eigenvalue weighted by Gasteiger charge is -2.34. The number of carbonyl (C=O) groups is 2. The molecule has 32 heavy (non-hydrogen) atoms. The average Bonchev–Trinajstić information content (AvgIpc) is 2.82. The number of likely N-dealkylation sites (N-methyl/N-ethyl adjacent to an activating group) is 1. The molecule has 0 atom stereocenters. The molecule has 170 valence electrons. The first-order valence-electron chi connectivity index (χ1n) is 10.7. The smallest absolute Gasteiger partial charge is 0.292 e. The summed E-state index contributed by atoms with van der Waals surface area (Å²) in [5.74, 6) is -0.914. The highest BCUT2D eigenvalue weighted by molar-refractivity contribution is 5.86. The van der Waals surface area contributed by atoms with Gasteiger partial charge in [-0.1, -0.05) is 24.3 Å². The van der Waals surface area contributed by atoms with E-state index in [1.165, 1.54) is 23.1 Å². The van der Waals surface area contributed by atoms with Crippen molar-refractivity contribution in [3.8, 4) is 0 Å². The largest absolute Gasteiger partial charge is 0.366 e. The molecular weight excluding hydrogens is 415 g/mol. The van der Waals surface area contributed by atoms with E-state index in [-0.39, 0.29) is 42.3 Å². The quantitative estimate of drug-likeness (QED) is 0.501. The predicted molar refractivity (Wildman–Crippen MR) is 119 cm³/mol. The Morgan fingerprint density at radius 3 is 2.44 bits per heavy atom. The number of halogens is 1. The predicted octanol–water partition coefficient (Wildman–Crippen LogP) is 3.12. The minimum Gasteiger partial charge on any atom is -0.366 e. The molecule has 1 aliphatic heterocycles. The minimum atomic E-state index is -0.393. The number of amides is 2. The van der Waals surface area contributed by atoms with Gasteiger partial charge in [-0.25, -0.2) is 4.39 Å². The number of carbonyl (C=O) groups excluding carboxylic acids is 2. The van der Waals surface area contributed by atoms with Crippen molar-refractivity contribution in [1.29, 1.82) is 0 Å². The molecule has 3 rings (SSSR count). The lowest BCUT2D eigenvalue weighted by Crippen LogP contribution is -2.46. The number of benzene rings is 2. The number of anilines is 1. The van der Waals surface area contributed by atoms with E-state index in [2.05, 4.69) is 5.32 Å². The molecule has 1 heterocycles. The van der Waals surface area contributed by atoms with Crippen LogP contribution >= 0.6 is 0 Å². The summed E-state index contributed by atoms with van der Waals surface area (Å²) in [5, 5.41) is 14.0. The second-order valence-corrected chi connectivity index (χ2v) is 7.76. The number of piperidine rings is 1. The standard InChI is InChI=1S/C23H27FN4O4/c1-2-26(16-22(29)25-15-17-7-9-19(24)10-8-17)23(30)18-11-13-27(14-12-18)20-5-3-4-6-21(20)28(31)32/h3-10,18H,2,11-16H2,1H3,(H,25,29). The fourth-order valence-electron chi connectivity index (χ4n) is 3.89. The van der Waals surface area contributed by atoms with Crippen LogP contribution < -0.4 is 10.2 Å². The normalized spacial score (nSPS) is 14.1. The van der Waals surface area contributed by atoms with E-state index in [9.17, 15) is 24.1 Å². The van der Waals surface area contributed by atoms with Crippen LogP contribution in [0.4, 0.5) is 15.8 Å². The minimum absolute atomic E-state index is 0.0408. The Bertz CT molecular complexity index is 959. The summed E-state index contributed by atoms with van der Waals surface area (Å²) in [4.78, 5) is 39.7. The second kappa shape index (κ2) is 10.7. The lowest BCUT2D eigenvalue weighted by molar-refractivity contribution is -0.384. The molecule has 0 aliphatic carbocycles. The van der Waals surface area contributed by atoms with Crippen molar-refractivity contribution < 1.29 is 18.9 Å². The van der Waals surface area contributed by atoms with Crippen molar-refractivity contribution in [2.24, 2.45) is 5.92 Å². The zero-order valence-electron chi connectivity index (χ0n) is 18.0. The maximum atomic E-state index is 13.0. The van der Waals surface area contributed by atoms with E-state index in [0.29, 0.717) is 38.2 Å². The molecule has 1 aliphatic rings. The summed E-state index contributed by atoms with van der Waals surface area (Å²) >= 11 is 0. The van der Waals surface area contributed by atoms with Gasteiger partial charge in [0.25, 0.3) is 5.69 Å². The van der Waals surface area contributed by atoms with Crippen LogP contribution in [-0.2, 0) is 16.1 Å². The van der Waals surface area contributed by atoms with Crippen LogP contribution in [0, 0.1) is 21.8 Å². The highest BCUT2D eigenvalue weighted by Crippen LogP contribution is 2.31. The number of hydrogen-bond acceptors (Lipinski definition) is 5. The van der Waals surface area contributed by atoms with E-state index in [4.69, 9.17) is 0 Å². The molecule has 1 saturated heterocycles. The van der Waals surface area contributed by atoms with Gasteiger partial charge in [-0.05, 0) is 43.5 Å². The molecule has 8 nitrogen and oxygen atoms in total. The highest BCUT2D eigenvalue weighted by atomic mass is 19.1. The van der Waals surface area contributed by atoms with Crippen LogP contribution in [0.5, 0.6) is 0 Å². The maximum Gasteiger partial charge on any atom is 0.292 e. The zero-order valence-corrected chi connectivity index (χ0v) is 18.0. The average molecular weight is 442 g/mol. The van der Waals surface area contributed by atoms with E-state index in [1.807, 2.05) is 11.8 Å². The molecule has 0 spiro atoms. The van der Waals surface area contributed by atoms with Crippen molar-refractivity contribution in [1.82, 2.24) is 10.2 Å². The third kappa shape index (κ3) is 5.81. The molecule has 0 aromatic heterocycles. The molecule has 2 amide bonds. The first-order valence-corrected chi connectivity index (χ1v) is 10.7. The maximum absolute atomic E-state index is 13.0. The molecule has 0 bridgehead atoms. The Kier molecular flexibility index (Phi) is 7.75. The fourth-order valence-corrected chi connectivity index (χ4v) is 3.89. The first kappa shape index (κ1) is 23.2. The number of nitro benzene ring substituents is 1. The molecule has 0 unspecified atom stereocenters. The van der Waals surface area contributed by atoms with Crippen LogP contribution in [-0.4, -0.2) is 47.8 Å². The van der Waals surface area contributed by atoms with Gasteiger partial charge < -0.3 is 15.1 Å². The van der Waals surface area contributed by atoms with Crippen molar-refractivity contribution in [3.05, 3.63) is 70.0 Å². The van der Waals surface area contributed by atoms with E-state index >= 15 is 0 Å². The van der Waals surface area contributed by atoms with Gasteiger partial charge >= 0.3 is 0 Å². The molecular formula is C23H27FN4O4.